The Labute approximate surface area is 201 Å². The van der Waals surface area contributed by atoms with Crippen LogP contribution in [0.1, 0.15) is 121 Å². The minimum Gasteiger partial charge on any atom is -0.490 e. The maximum Gasteiger partial charge on any atom is 0.200 e. The van der Waals surface area contributed by atoms with Gasteiger partial charge in [-0.15, -0.1) is 6.58 Å². The van der Waals surface area contributed by atoms with E-state index in [2.05, 4.69) is 13.5 Å². The van der Waals surface area contributed by atoms with Gasteiger partial charge in [-0.3, -0.25) is 0 Å². The standard InChI is InChI=1S/C30H46F2O/c1-3-4-5-6-7-8-9-10-11-22-33-28-21-20-27(29(31)30(28)32)26-18-16-25(17-19-26)24-14-12-23(2)13-15-24/h3,20-21,23-26H,1,4-19,22H2,2H3. The number of unbranched alkanes of at least 4 members (excludes halogenated alkanes) is 7. The van der Waals surface area contributed by atoms with Gasteiger partial charge in [0.15, 0.2) is 11.6 Å². The Hall–Kier alpha value is -1.38. The van der Waals surface area contributed by atoms with Crippen LogP contribution in [0.15, 0.2) is 24.8 Å². The normalized spacial score (nSPS) is 25.7. The van der Waals surface area contributed by atoms with Crippen molar-refractivity contribution in [2.75, 3.05) is 6.61 Å². The highest BCUT2D eigenvalue weighted by atomic mass is 19.2. The van der Waals surface area contributed by atoms with Gasteiger partial charge in [0.2, 0.25) is 5.82 Å². The van der Waals surface area contributed by atoms with Crippen LogP contribution < -0.4 is 4.74 Å². The van der Waals surface area contributed by atoms with Crippen molar-refractivity contribution in [3.8, 4) is 5.75 Å². The number of halogens is 2. The average molecular weight is 461 g/mol. The van der Waals surface area contributed by atoms with E-state index >= 15 is 0 Å². The molecule has 1 nitrogen and oxygen atoms in total. The molecule has 0 radical (unpaired) electrons. The molecule has 2 aliphatic rings. The summed E-state index contributed by atoms with van der Waals surface area (Å²) < 4.78 is 35.2. The molecular formula is C30H46F2O. The van der Waals surface area contributed by atoms with Gasteiger partial charge in [0.05, 0.1) is 6.61 Å². The second-order valence-electron chi connectivity index (χ2n) is 10.8. The van der Waals surface area contributed by atoms with E-state index in [0.29, 0.717) is 12.2 Å². The summed E-state index contributed by atoms with van der Waals surface area (Å²) in [6.07, 6.45) is 21.0. The zero-order valence-corrected chi connectivity index (χ0v) is 20.9. The van der Waals surface area contributed by atoms with Gasteiger partial charge in [0, 0.05) is 0 Å². The molecule has 0 bridgehead atoms. The van der Waals surface area contributed by atoms with Crippen molar-refractivity contribution in [1.29, 1.82) is 0 Å². The largest absolute Gasteiger partial charge is 0.490 e. The second kappa shape index (κ2) is 14.1. The molecule has 0 spiro atoms. The van der Waals surface area contributed by atoms with E-state index < -0.39 is 11.6 Å². The van der Waals surface area contributed by atoms with Gasteiger partial charge < -0.3 is 4.74 Å². The molecule has 3 rings (SSSR count). The van der Waals surface area contributed by atoms with Gasteiger partial charge in [0.25, 0.3) is 0 Å². The van der Waals surface area contributed by atoms with E-state index in [0.717, 1.165) is 62.7 Å². The monoisotopic (exact) mass is 460 g/mol. The molecule has 3 heteroatoms. The third kappa shape index (κ3) is 8.11. The summed E-state index contributed by atoms with van der Waals surface area (Å²) in [5, 5.41) is 0. The summed E-state index contributed by atoms with van der Waals surface area (Å²) in [6.45, 7) is 6.57. The van der Waals surface area contributed by atoms with E-state index in [9.17, 15) is 8.78 Å². The molecule has 0 atom stereocenters. The number of ether oxygens (including phenoxy) is 1. The van der Waals surface area contributed by atoms with Crippen LogP contribution in [-0.2, 0) is 0 Å². The number of allylic oxidation sites excluding steroid dienone is 1. The Morgan fingerprint density at radius 2 is 1.36 bits per heavy atom. The highest BCUT2D eigenvalue weighted by Crippen LogP contribution is 2.44. The molecule has 2 fully saturated rings. The van der Waals surface area contributed by atoms with Gasteiger partial charge in [0.1, 0.15) is 0 Å². The third-order valence-corrected chi connectivity index (χ3v) is 8.33. The summed E-state index contributed by atoms with van der Waals surface area (Å²) in [5.74, 6) is 1.28. The summed E-state index contributed by atoms with van der Waals surface area (Å²) >= 11 is 0. The highest BCUT2D eigenvalue weighted by molar-refractivity contribution is 5.33. The Kier molecular flexibility index (Phi) is 11.2. The molecule has 2 saturated carbocycles. The van der Waals surface area contributed by atoms with Crippen LogP contribution in [0.25, 0.3) is 0 Å². The predicted molar refractivity (Wildman–Crippen MR) is 135 cm³/mol. The molecule has 1 aromatic carbocycles. The zero-order valence-electron chi connectivity index (χ0n) is 20.9. The molecule has 0 heterocycles. The minimum absolute atomic E-state index is 0.0747. The smallest absolute Gasteiger partial charge is 0.200 e. The summed E-state index contributed by atoms with van der Waals surface area (Å²) in [6, 6.07) is 3.44. The van der Waals surface area contributed by atoms with Gasteiger partial charge in [-0.2, -0.15) is 4.39 Å². The molecule has 0 saturated heterocycles. The van der Waals surface area contributed by atoms with Crippen LogP contribution >= 0.6 is 0 Å². The first kappa shape index (κ1) is 26.2. The molecule has 0 aromatic heterocycles. The summed E-state index contributed by atoms with van der Waals surface area (Å²) in [4.78, 5) is 0. The van der Waals surface area contributed by atoms with Crippen LogP contribution in [0.4, 0.5) is 8.78 Å². The lowest BCUT2D eigenvalue weighted by molar-refractivity contribution is 0.164. The van der Waals surface area contributed by atoms with E-state index in [1.165, 1.54) is 57.8 Å². The van der Waals surface area contributed by atoms with E-state index in [1.807, 2.05) is 6.08 Å². The molecule has 0 aliphatic heterocycles. The topological polar surface area (TPSA) is 9.23 Å². The molecule has 0 unspecified atom stereocenters. The number of hydrogen-bond donors (Lipinski definition) is 0. The lowest BCUT2D eigenvalue weighted by Gasteiger charge is -2.37. The highest BCUT2D eigenvalue weighted by Gasteiger charge is 2.32. The fourth-order valence-corrected chi connectivity index (χ4v) is 6.09. The van der Waals surface area contributed by atoms with Crippen molar-refractivity contribution < 1.29 is 13.5 Å². The van der Waals surface area contributed by atoms with Gasteiger partial charge in [-0.25, -0.2) is 4.39 Å². The van der Waals surface area contributed by atoms with Crippen LogP contribution in [0.2, 0.25) is 0 Å². The van der Waals surface area contributed by atoms with Crippen molar-refractivity contribution in [2.24, 2.45) is 17.8 Å². The molecule has 2 aliphatic carbocycles. The van der Waals surface area contributed by atoms with Gasteiger partial charge in [-0.1, -0.05) is 64.0 Å². The van der Waals surface area contributed by atoms with Crippen molar-refractivity contribution in [3.05, 3.63) is 42.0 Å². The lowest BCUT2D eigenvalue weighted by Crippen LogP contribution is -2.25. The van der Waals surface area contributed by atoms with Gasteiger partial charge in [-0.05, 0) is 93.1 Å². The molecule has 33 heavy (non-hydrogen) atoms. The Bertz CT molecular complexity index is 699. The van der Waals surface area contributed by atoms with Gasteiger partial charge >= 0.3 is 0 Å². The number of benzene rings is 1. The van der Waals surface area contributed by atoms with Crippen LogP contribution in [0, 0.1) is 29.4 Å². The molecule has 186 valence electrons. The molecule has 0 N–H and O–H groups in total. The van der Waals surface area contributed by atoms with E-state index in [4.69, 9.17) is 4.74 Å². The van der Waals surface area contributed by atoms with Crippen molar-refractivity contribution >= 4 is 0 Å². The average Bonchev–Trinajstić information content (AvgIpc) is 2.83. The maximum absolute atomic E-state index is 14.9. The minimum atomic E-state index is -0.793. The van der Waals surface area contributed by atoms with E-state index in [1.54, 1.807) is 12.1 Å². The summed E-state index contributed by atoms with van der Waals surface area (Å²) in [5.41, 5.74) is 0.562. The number of hydrogen-bond acceptors (Lipinski definition) is 1. The van der Waals surface area contributed by atoms with Crippen LogP contribution in [0.5, 0.6) is 5.75 Å². The first-order valence-electron chi connectivity index (χ1n) is 13.8. The van der Waals surface area contributed by atoms with Crippen LogP contribution in [0.3, 0.4) is 0 Å². The van der Waals surface area contributed by atoms with Crippen molar-refractivity contribution in [2.45, 2.75) is 116 Å². The Balaban J connectivity index is 1.37. The third-order valence-electron chi connectivity index (χ3n) is 8.33. The second-order valence-corrected chi connectivity index (χ2v) is 10.8. The SMILES string of the molecule is C=CCCCCCCCCCOc1ccc(C2CCC(C3CCC(C)CC3)CC2)c(F)c1F. The van der Waals surface area contributed by atoms with Crippen LogP contribution in [-0.4, -0.2) is 6.61 Å². The van der Waals surface area contributed by atoms with Crippen molar-refractivity contribution in [3.63, 3.8) is 0 Å². The predicted octanol–water partition coefficient (Wildman–Crippen LogP) is 9.75. The Morgan fingerprint density at radius 1 is 0.788 bits per heavy atom. The fraction of sp³-hybridized carbons (Fsp3) is 0.733. The van der Waals surface area contributed by atoms with Crippen molar-refractivity contribution in [1.82, 2.24) is 0 Å². The zero-order chi connectivity index (χ0) is 23.5. The lowest BCUT2D eigenvalue weighted by atomic mass is 9.68. The summed E-state index contributed by atoms with van der Waals surface area (Å²) in [7, 11) is 0. The molecular weight excluding hydrogens is 414 g/mol. The quantitative estimate of drug-likeness (QED) is 0.210. The van der Waals surface area contributed by atoms with E-state index in [-0.39, 0.29) is 11.7 Å². The fourth-order valence-electron chi connectivity index (χ4n) is 6.09. The first-order valence-corrected chi connectivity index (χ1v) is 13.8. The first-order chi connectivity index (χ1) is 16.1. The molecule has 1 aromatic rings. The molecule has 0 amide bonds. The number of rotatable bonds is 13. The Morgan fingerprint density at radius 3 is 2.00 bits per heavy atom. The maximum atomic E-state index is 14.9.